The maximum absolute atomic E-state index is 12.4. The van der Waals surface area contributed by atoms with Gasteiger partial charge in [-0.3, -0.25) is 4.99 Å². The van der Waals surface area contributed by atoms with Gasteiger partial charge in [0.1, 0.15) is 11.9 Å². The van der Waals surface area contributed by atoms with E-state index in [-0.39, 0.29) is 30.1 Å². The molecule has 9 nitrogen and oxygen atoms in total. The third kappa shape index (κ3) is 7.98. The second kappa shape index (κ2) is 11.6. The summed E-state index contributed by atoms with van der Waals surface area (Å²) in [7, 11) is 3.72. The van der Waals surface area contributed by atoms with E-state index in [2.05, 4.69) is 25.4 Å². The van der Waals surface area contributed by atoms with Gasteiger partial charge >= 0.3 is 6.09 Å². The molecular weight excluding hydrogens is 485 g/mol. The number of hydrogen-bond acceptors (Lipinski definition) is 5. The lowest BCUT2D eigenvalue weighted by atomic mass is 9.96. The highest BCUT2D eigenvalue weighted by atomic mass is 127. The average Bonchev–Trinajstić information content (AvgIpc) is 3.04. The van der Waals surface area contributed by atoms with E-state index in [1.54, 1.807) is 13.4 Å². The van der Waals surface area contributed by atoms with Crippen LogP contribution in [0.3, 0.4) is 0 Å². The molecular formula is C19H36IN7O2. The van der Waals surface area contributed by atoms with Crippen LogP contribution in [-0.2, 0) is 18.3 Å². The van der Waals surface area contributed by atoms with Crippen LogP contribution in [-0.4, -0.2) is 75.4 Å². The number of carbonyl (C=O) groups is 1. The average molecular weight is 521 g/mol. The van der Waals surface area contributed by atoms with Crippen LogP contribution in [0.15, 0.2) is 11.3 Å². The highest BCUT2D eigenvalue weighted by Gasteiger charge is 2.27. The molecule has 1 amide bonds. The van der Waals surface area contributed by atoms with Crippen LogP contribution in [0.5, 0.6) is 0 Å². The molecule has 29 heavy (non-hydrogen) atoms. The number of guanidine groups is 1. The predicted molar refractivity (Wildman–Crippen MR) is 124 cm³/mol. The van der Waals surface area contributed by atoms with Crippen molar-refractivity contribution in [2.45, 2.75) is 52.7 Å². The summed E-state index contributed by atoms with van der Waals surface area (Å²) in [6.07, 6.45) is 3.50. The van der Waals surface area contributed by atoms with Gasteiger partial charge in [0.15, 0.2) is 11.8 Å². The second-order valence-corrected chi connectivity index (χ2v) is 8.21. The minimum Gasteiger partial charge on any atom is -0.444 e. The zero-order chi connectivity index (χ0) is 20.7. The molecule has 1 aliphatic heterocycles. The zero-order valence-corrected chi connectivity index (χ0v) is 20.8. The van der Waals surface area contributed by atoms with Crippen LogP contribution in [0.25, 0.3) is 0 Å². The van der Waals surface area contributed by atoms with E-state index in [0.29, 0.717) is 19.0 Å². The van der Waals surface area contributed by atoms with Crippen LogP contribution in [0.4, 0.5) is 4.79 Å². The molecule has 2 rings (SSSR count). The number of aryl methyl sites for hydroxylation is 1. The van der Waals surface area contributed by atoms with Crippen molar-refractivity contribution in [3.63, 3.8) is 0 Å². The summed E-state index contributed by atoms with van der Waals surface area (Å²) in [6, 6.07) is 0. The van der Waals surface area contributed by atoms with Crippen molar-refractivity contribution in [2.24, 2.45) is 18.0 Å². The van der Waals surface area contributed by atoms with Crippen LogP contribution >= 0.6 is 24.0 Å². The van der Waals surface area contributed by atoms with Gasteiger partial charge in [-0.15, -0.1) is 34.2 Å². The van der Waals surface area contributed by atoms with Crippen molar-refractivity contribution >= 4 is 36.0 Å². The van der Waals surface area contributed by atoms with E-state index >= 15 is 0 Å². The number of piperidine rings is 1. The van der Waals surface area contributed by atoms with Crippen LogP contribution in [0.1, 0.15) is 46.4 Å². The van der Waals surface area contributed by atoms with Gasteiger partial charge in [0.05, 0.1) is 6.54 Å². The molecule has 0 atom stereocenters. The fourth-order valence-corrected chi connectivity index (χ4v) is 3.26. The molecule has 0 spiro atoms. The normalized spacial score (nSPS) is 15.7. The quantitative estimate of drug-likeness (QED) is 0.364. The van der Waals surface area contributed by atoms with Gasteiger partial charge in [0.2, 0.25) is 0 Å². The van der Waals surface area contributed by atoms with E-state index in [9.17, 15) is 4.79 Å². The first-order chi connectivity index (χ1) is 13.2. The fraction of sp³-hybridized carbons (Fsp3) is 0.789. The van der Waals surface area contributed by atoms with Crippen LogP contribution < -0.4 is 5.32 Å². The standard InChI is InChI=1S/C19H35N7O2.HI/c1-7-25(18(27)28-19(2,3)4)13-15-8-10-26(11-9-15)17(20-5)21-12-16-23-22-14-24(16)6;/h14-15H,7-13H2,1-6H3,(H,20,21);1H. The van der Waals surface area contributed by atoms with Crippen molar-refractivity contribution in [3.05, 3.63) is 12.2 Å². The molecule has 0 aliphatic carbocycles. The first-order valence-electron chi connectivity index (χ1n) is 10.00. The SMILES string of the molecule is CCN(CC1CCN(C(=NC)NCc2nncn2C)CC1)C(=O)OC(C)(C)C.I. The van der Waals surface area contributed by atoms with Crippen molar-refractivity contribution < 1.29 is 9.53 Å². The summed E-state index contributed by atoms with van der Waals surface area (Å²) in [5.74, 6) is 2.22. The van der Waals surface area contributed by atoms with Gasteiger partial charge in [0, 0.05) is 40.3 Å². The van der Waals surface area contributed by atoms with Gasteiger partial charge in [-0.25, -0.2) is 4.79 Å². The molecule has 1 fully saturated rings. The summed E-state index contributed by atoms with van der Waals surface area (Å²) in [5.41, 5.74) is -0.464. The monoisotopic (exact) mass is 521 g/mol. The number of nitrogens with one attached hydrogen (secondary N) is 1. The van der Waals surface area contributed by atoms with E-state index in [0.717, 1.165) is 44.3 Å². The van der Waals surface area contributed by atoms with Gasteiger partial charge in [-0.2, -0.15) is 0 Å². The Morgan fingerprint density at radius 2 is 2.03 bits per heavy atom. The summed E-state index contributed by atoms with van der Waals surface area (Å²) in [4.78, 5) is 20.8. The Kier molecular flexibility index (Phi) is 10.1. The molecule has 1 aliphatic rings. The number of amides is 1. The molecule has 1 aromatic rings. The molecule has 1 aromatic heterocycles. The number of hydrogen-bond donors (Lipinski definition) is 1. The number of ether oxygens (including phenoxy) is 1. The first kappa shape index (κ1) is 25.4. The van der Waals surface area contributed by atoms with Crippen molar-refractivity contribution in [1.82, 2.24) is 29.9 Å². The van der Waals surface area contributed by atoms with Gasteiger partial charge in [-0.1, -0.05) is 0 Å². The highest BCUT2D eigenvalue weighted by Crippen LogP contribution is 2.20. The van der Waals surface area contributed by atoms with Gasteiger partial charge in [-0.05, 0) is 46.5 Å². The molecule has 0 aromatic carbocycles. The number of halogens is 1. The van der Waals surface area contributed by atoms with E-state index in [4.69, 9.17) is 4.74 Å². The van der Waals surface area contributed by atoms with Crippen molar-refractivity contribution in [1.29, 1.82) is 0 Å². The molecule has 166 valence electrons. The topological polar surface area (TPSA) is 87.9 Å². The zero-order valence-electron chi connectivity index (χ0n) is 18.5. The van der Waals surface area contributed by atoms with Crippen molar-refractivity contribution in [3.8, 4) is 0 Å². The number of nitrogens with zero attached hydrogens (tertiary/aromatic N) is 6. The number of aromatic nitrogens is 3. The molecule has 0 saturated carbocycles. The van der Waals surface area contributed by atoms with E-state index in [1.807, 2.05) is 44.2 Å². The highest BCUT2D eigenvalue weighted by molar-refractivity contribution is 14.0. The summed E-state index contributed by atoms with van der Waals surface area (Å²) in [5, 5.41) is 11.3. The maximum Gasteiger partial charge on any atom is 0.410 e. The molecule has 0 unspecified atom stereocenters. The molecule has 1 N–H and O–H groups in total. The molecule has 2 heterocycles. The molecule has 10 heteroatoms. The first-order valence-corrected chi connectivity index (χ1v) is 10.00. The van der Waals surface area contributed by atoms with Crippen molar-refractivity contribution in [2.75, 3.05) is 33.2 Å². The lowest BCUT2D eigenvalue weighted by molar-refractivity contribution is 0.0214. The van der Waals surface area contributed by atoms with Crippen LogP contribution in [0.2, 0.25) is 0 Å². The maximum atomic E-state index is 12.4. The Morgan fingerprint density at radius 1 is 1.38 bits per heavy atom. The lowest BCUT2D eigenvalue weighted by Gasteiger charge is -2.36. The Bertz CT molecular complexity index is 664. The summed E-state index contributed by atoms with van der Waals surface area (Å²) < 4.78 is 7.41. The van der Waals surface area contributed by atoms with E-state index in [1.165, 1.54) is 0 Å². The number of likely N-dealkylation sites (tertiary alicyclic amines) is 1. The Balaban J connectivity index is 0.00000420. The second-order valence-electron chi connectivity index (χ2n) is 8.21. The Morgan fingerprint density at radius 3 is 2.52 bits per heavy atom. The lowest BCUT2D eigenvalue weighted by Crippen LogP contribution is -2.47. The number of rotatable bonds is 5. The third-order valence-corrected chi connectivity index (χ3v) is 4.85. The van der Waals surface area contributed by atoms with Crippen LogP contribution in [0, 0.1) is 5.92 Å². The summed E-state index contributed by atoms with van der Waals surface area (Å²) in [6.45, 7) is 11.5. The van der Waals surface area contributed by atoms with Gasteiger partial charge < -0.3 is 24.4 Å². The largest absolute Gasteiger partial charge is 0.444 e. The predicted octanol–water partition coefficient (Wildman–Crippen LogP) is 2.48. The molecule has 0 bridgehead atoms. The Hall–Kier alpha value is -1.59. The van der Waals surface area contributed by atoms with E-state index < -0.39 is 5.60 Å². The number of aliphatic imine (C=N–C) groups is 1. The Labute approximate surface area is 191 Å². The minimum atomic E-state index is -0.464. The third-order valence-electron chi connectivity index (χ3n) is 4.85. The smallest absolute Gasteiger partial charge is 0.410 e. The molecule has 1 saturated heterocycles. The van der Waals surface area contributed by atoms with Gasteiger partial charge in [0.25, 0.3) is 0 Å². The fourth-order valence-electron chi connectivity index (χ4n) is 3.26. The summed E-state index contributed by atoms with van der Waals surface area (Å²) >= 11 is 0. The minimum absolute atomic E-state index is 0. The number of carbonyl (C=O) groups excluding carboxylic acids is 1. The molecule has 0 radical (unpaired) electrons.